The van der Waals surface area contributed by atoms with Gasteiger partial charge in [0.25, 0.3) is 0 Å². The Kier molecular flexibility index (Phi) is 5.69. The van der Waals surface area contributed by atoms with Crippen LogP contribution in [-0.2, 0) is 18.8 Å². The van der Waals surface area contributed by atoms with Gasteiger partial charge in [0, 0.05) is 19.7 Å². The molecule has 0 atom stereocenters. The van der Waals surface area contributed by atoms with Crippen molar-refractivity contribution in [2.24, 2.45) is 0 Å². The first-order valence-electron chi connectivity index (χ1n) is 8.53. The number of aromatic nitrogens is 2. The molecule has 0 fully saturated rings. The van der Waals surface area contributed by atoms with Gasteiger partial charge in [0.1, 0.15) is 5.82 Å². The maximum absolute atomic E-state index is 14.1. The zero-order chi connectivity index (χ0) is 22.1. The molecular formula is C20H14F7N3. The van der Waals surface area contributed by atoms with E-state index in [1.54, 1.807) is 0 Å². The third kappa shape index (κ3) is 4.87. The number of benzene rings is 2. The minimum Gasteiger partial charge on any atom is -0.311 e. The van der Waals surface area contributed by atoms with Crippen LogP contribution in [0.3, 0.4) is 0 Å². The van der Waals surface area contributed by atoms with Crippen LogP contribution in [0.25, 0.3) is 0 Å². The van der Waals surface area contributed by atoms with Gasteiger partial charge < -0.3 is 4.90 Å². The fraction of sp³-hybridized carbons (Fsp3) is 0.200. The molecule has 3 aromatic rings. The molecule has 30 heavy (non-hydrogen) atoms. The van der Waals surface area contributed by atoms with Gasteiger partial charge in [0.2, 0.25) is 5.95 Å². The summed E-state index contributed by atoms with van der Waals surface area (Å²) >= 11 is 0. The Morgan fingerprint density at radius 2 is 1.53 bits per heavy atom. The zero-order valence-corrected chi connectivity index (χ0v) is 15.4. The van der Waals surface area contributed by atoms with Crippen molar-refractivity contribution in [3.8, 4) is 0 Å². The minimum atomic E-state index is -4.66. The van der Waals surface area contributed by atoms with Gasteiger partial charge in [-0.05, 0) is 35.9 Å². The van der Waals surface area contributed by atoms with Crippen LogP contribution in [-0.4, -0.2) is 17.0 Å². The predicted octanol–water partition coefficient (Wildman–Crippen LogP) is 6.01. The molecule has 0 unspecified atom stereocenters. The summed E-state index contributed by atoms with van der Waals surface area (Å²) in [6.45, 7) is 0. The second-order valence-electron chi connectivity index (χ2n) is 6.45. The van der Waals surface area contributed by atoms with E-state index in [1.807, 2.05) is 0 Å². The van der Waals surface area contributed by atoms with Crippen LogP contribution >= 0.6 is 0 Å². The molecule has 158 valence electrons. The second-order valence-corrected chi connectivity index (χ2v) is 6.45. The number of halogens is 7. The normalized spacial score (nSPS) is 12.1. The van der Waals surface area contributed by atoms with E-state index in [1.165, 1.54) is 31.4 Å². The van der Waals surface area contributed by atoms with Crippen molar-refractivity contribution >= 4 is 11.6 Å². The quantitative estimate of drug-likeness (QED) is 0.476. The lowest BCUT2D eigenvalue weighted by Crippen LogP contribution is -2.17. The number of alkyl halides is 6. The molecular weight excluding hydrogens is 415 g/mol. The van der Waals surface area contributed by atoms with Crippen LogP contribution in [0, 0.1) is 5.82 Å². The predicted molar refractivity (Wildman–Crippen MR) is 95.7 cm³/mol. The Balaban J connectivity index is 1.89. The van der Waals surface area contributed by atoms with E-state index in [9.17, 15) is 30.7 Å². The van der Waals surface area contributed by atoms with Crippen molar-refractivity contribution in [3.63, 3.8) is 0 Å². The molecule has 0 amide bonds. The van der Waals surface area contributed by atoms with Gasteiger partial charge in [-0.25, -0.2) is 14.4 Å². The van der Waals surface area contributed by atoms with Crippen LogP contribution in [0.1, 0.15) is 22.4 Å². The van der Waals surface area contributed by atoms with E-state index >= 15 is 0 Å². The fourth-order valence-electron chi connectivity index (χ4n) is 2.77. The molecule has 0 saturated carbocycles. The van der Waals surface area contributed by atoms with E-state index in [4.69, 9.17) is 0 Å². The second kappa shape index (κ2) is 7.92. The van der Waals surface area contributed by atoms with Gasteiger partial charge in [0.15, 0.2) is 0 Å². The van der Waals surface area contributed by atoms with Crippen molar-refractivity contribution in [2.45, 2.75) is 18.8 Å². The monoisotopic (exact) mass is 429 g/mol. The molecule has 0 aliphatic carbocycles. The van der Waals surface area contributed by atoms with Gasteiger partial charge >= 0.3 is 12.4 Å². The smallest absolute Gasteiger partial charge is 0.311 e. The molecule has 2 aromatic carbocycles. The van der Waals surface area contributed by atoms with Crippen molar-refractivity contribution in [3.05, 3.63) is 82.9 Å². The van der Waals surface area contributed by atoms with Crippen LogP contribution < -0.4 is 4.90 Å². The average Bonchev–Trinajstić information content (AvgIpc) is 2.67. The molecule has 0 radical (unpaired) electrons. The third-order valence-electron chi connectivity index (χ3n) is 4.27. The molecule has 10 heteroatoms. The summed E-state index contributed by atoms with van der Waals surface area (Å²) < 4.78 is 91.5. The van der Waals surface area contributed by atoms with Crippen LogP contribution in [0.2, 0.25) is 0 Å². The van der Waals surface area contributed by atoms with E-state index in [-0.39, 0.29) is 18.1 Å². The average molecular weight is 429 g/mol. The molecule has 3 rings (SSSR count). The fourth-order valence-corrected chi connectivity index (χ4v) is 2.77. The number of hydrogen-bond donors (Lipinski definition) is 0. The van der Waals surface area contributed by atoms with E-state index in [2.05, 4.69) is 9.97 Å². The SMILES string of the molecule is CN(c1nccc(Cc2cccc(C(F)(F)F)c2)n1)c1cc(C(F)(F)F)ccc1F. The Labute approximate surface area is 166 Å². The lowest BCUT2D eigenvalue weighted by molar-refractivity contribution is -0.138. The molecule has 0 spiro atoms. The van der Waals surface area contributed by atoms with Crippen LogP contribution in [0.4, 0.5) is 42.4 Å². The van der Waals surface area contributed by atoms with Crippen LogP contribution in [0.5, 0.6) is 0 Å². The highest BCUT2D eigenvalue weighted by atomic mass is 19.4. The Hall–Kier alpha value is -3.17. The number of hydrogen-bond acceptors (Lipinski definition) is 3. The van der Waals surface area contributed by atoms with E-state index in [0.717, 1.165) is 17.0 Å². The van der Waals surface area contributed by atoms with Crippen molar-refractivity contribution in [1.29, 1.82) is 0 Å². The summed E-state index contributed by atoms with van der Waals surface area (Å²) in [6.07, 6.45) is -7.82. The molecule has 0 N–H and O–H groups in total. The third-order valence-corrected chi connectivity index (χ3v) is 4.27. The van der Waals surface area contributed by atoms with Gasteiger partial charge in [-0.15, -0.1) is 0 Å². The first kappa shape index (κ1) is 21.5. The van der Waals surface area contributed by atoms with Crippen LogP contribution in [0.15, 0.2) is 54.7 Å². The molecule has 3 nitrogen and oxygen atoms in total. The molecule has 0 aliphatic heterocycles. The van der Waals surface area contributed by atoms with Gasteiger partial charge in [0.05, 0.1) is 22.5 Å². The minimum absolute atomic E-state index is 0.0261. The van der Waals surface area contributed by atoms with E-state index in [0.29, 0.717) is 29.5 Å². The molecule has 0 saturated heterocycles. The zero-order valence-electron chi connectivity index (χ0n) is 15.4. The number of nitrogens with zero attached hydrogens (tertiary/aromatic N) is 3. The summed E-state index contributed by atoms with van der Waals surface area (Å²) in [5, 5.41) is 0. The van der Waals surface area contributed by atoms with Crippen molar-refractivity contribution < 1.29 is 30.7 Å². The summed E-state index contributed by atoms with van der Waals surface area (Å²) in [5.74, 6) is -1.00. The molecule has 1 heterocycles. The largest absolute Gasteiger partial charge is 0.416 e. The Morgan fingerprint density at radius 1 is 0.867 bits per heavy atom. The highest BCUT2D eigenvalue weighted by Gasteiger charge is 2.32. The summed E-state index contributed by atoms with van der Waals surface area (Å²) in [7, 11) is 1.29. The lowest BCUT2D eigenvalue weighted by atomic mass is 10.1. The first-order valence-corrected chi connectivity index (χ1v) is 8.53. The van der Waals surface area contributed by atoms with Gasteiger partial charge in [-0.2, -0.15) is 26.3 Å². The van der Waals surface area contributed by atoms with Gasteiger partial charge in [-0.3, -0.25) is 0 Å². The topological polar surface area (TPSA) is 29.0 Å². The Morgan fingerprint density at radius 3 is 2.20 bits per heavy atom. The lowest BCUT2D eigenvalue weighted by Gasteiger charge is -2.20. The molecule has 1 aromatic heterocycles. The highest BCUT2D eigenvalue weighted by Crippen LogP contribution is 2.34. The van der Waals surface area contributed by atoms with Gasteiger partial charge in [-0.1, -0.05) is 18.2 Å². The Bertz CT molecular complexity index is 1050. The summed E-state index contributed by atoms with van der Waals surface area (Å²) in [5.41, 5.74) is -1.58. The highest BCUT2D eigenvalue weighted by molar-refractivity contribution is 5.58. The maximum atomic E-state index is 14.1. The van der Waals surface area contributed by atoms with E-state index < -0.39 is 29.3 Å². The maximum Gasteiger partial charge on any atom is 0.416 e. The first-order chi connectivity index (χ1) is 13.9. The van der Waals surface area contributed by atoms with Crippen molar-refractivity contribution in [1.82, 2.24) is 9.97 Å². The van der Waals surface area contributed by atoms with Crippen molar-refractivity contribution in [2.75, 3.05) is 11.9 Å². The number of anilines is 2. The standard InChI is InChI=1S/C20H14F7N3/c1-30(17-11-14(20(25,26)27)5-6-16(17)21)18-28-8-7-15(29-18)10-12-3-2-4-13(9-12)19(22,23)24/h2-9,11H,10H2,1H3. The number of rotatable bonds is 4. The summed E-state index contributed by atoms with van der Waals surface area (Å²) in [6, 6.07) is 8.10. The summed E-state index contributed by atoms with van der Waals surface area (Å²) in [4.78, 5) is 9.13. The molecule has 0 bridgehead atoms. The molecule has 0 aliphatic rings.